The highest BCUT2D eigenvalue weighted by Crippen LogP contribution is 2.43. The molecule has 4 rings (SSSR count). The second-order valence-electron chi connectivity index (χ2n) is 10.1. The second kappa shape index (κ2) is 9.76. The molecule has 36 heavy (non-hydrogen) atoms. The third-order valence-electron chi connectivity index (χ3n) is 7.69. The maximum absolute atomic E-state index is 13.5. The van der Waals surface area contributed by atoms with Crippen molar-refractivity contribution in [1.82, 2.24) is 10.2 Å². The maximum atomic E-state index is 13.5. The maximum Gasteiger partial charge on any atom is 0.421 e. The normalized spacial score (nSPS) is 24.0. The lowest BCUT2D eigenvalue weighted by atomic mass is 9.67. The minimum Gasteiger partial charge on any atom is -0.465 e. The Morgan fingerprint density at radius 1 is 0.972 bits per heavy atom. The van der Waals surface area contributed by atoms with Crippen molar-refractivity contribution in [3.63, 3.8) is 0 Å². The number of aliphatic hydroxyl groups is 1. The fraction of sp³-hybridized carbons (Fsp3) is 0.481. The topological polar surface area (TPSA) is 89.9 Å². The molecule has 0 bridgehead atoms. The summed E-state index contributed by atoms with van der Waals surface area (Å²) in [6, 6.07) is 14.9. The number of amides is 2. The third kappa shape index (κ3) is 5.21. The molecular formula is C27H31F3N2O4. The molecule has 3 N–H and O–H groups in total. The van der Waals surface area contributed by atoms with Gasteiger partial charge in [0.1, 0.15) is 0 Å². The summed E-state index contributed by atoms with van der Waals surface area (Å²) in [6.07, 6.45) is -1.35. The molecule has 0 saturated heterocycles. The van der Waals surface area contributed by atoms with E-state index in [1.807, 2.05) is 35.2 Å². The highest BCUT2D eigenvalue weighted by Gasteiger charge is 2.51. The summed E-state index contributed by atoms with van der Waals surface area (Å²) in [6.45, 7) is 0.984. The van der Waals surface area contributed by atoms with Crippen molar-refractivity contribution in [2.24, 2.45) is 0 Å². The summed E-state index contributed by atoms with van der Waals surface area (Å²) in [5, 5.41) is 21.7. The number of carbonyl (C=O) groups is 2. The van der Waals surface area contributed by atoms with Crippen molar-refractivity contribution in [3.05, 3.63) is 71.3 Å². The standard InChI is InChI=1S/C27H31F3N2O4/c1-25(36,27(28,29)30)19-9-7-18(8-10-19)23(33)32(21-11-12-21)22-13-15-26(16-14-22,17-31-24(34)35)20-5-3-2-4-6-20/h2-10,21-22,31,36H,11-17H2,1H3,(H,34,35)/t22?,25-,26?/m0/s1. The van der Waals surface area contributed by atoms with Gasteiger partial charge >= 0.3 is 12.3 Å². The molecule has 1 atom stereocenters. The lowest BCUT2D eigenvalue weighted by Crippen LogP contribution is -2.49. The van der Waals surface area contributed by atoms with Crippen LogP contribution < -0.4 is 5.32 Å². The van der Waals surface area contributed by atoms with Crippen LogP contribution in [0.3, 0.4) is 0 Å². The molecule has 2 aromatic carbocycles. The Hall–Kier alpha value is -3.07. The Labute approximate surface area is 208 Å². The quantitative estimate of drug-likeness (QED) is 0.483. The zero-order chi connectivity index (χ0) is 26.1. The summed E-state index contributed by atoms with van der Waals surface area (Å²) < 4.78 is 39.6. The van der Waals surface area contributed by atoms with Crippen LogP contribution in [0.5, 0.6) is 0 Å². The number of rotatable bonds is 7. The van der Waals surface area contributed by atoms with Crippen LogP contribution in [0.15, 0.2) is 54.6 Å². The molecule has 2 amide bonds. The zero-order valence-corrected chi connectivity index (χ0v) is 20.1. The number of halogens is 3. The van der Waals surface area contributed by atoms with Crippen molar-refractivity contribution in [3.8, 4) is 0 Å². The van der Waals surface area contributed by atoms with E-state index in [1.54, 1.807) is 0 Å². The molecule has 0 radical (unpaired) electrons. The number of carboxylic acid groups (broad SMARTS) is 1. The van der Waals surface area contributed by atoms with Crippen LogP contribution in [0, 0.1) is 0 Å². The van der Waals surface area contributed by atoms with E-state index in [4.69, 9.17) is 0 Å². The van der Waals surface area contributed by atoms with Gasteiger partial charge < -0.3 is 20.4 Å². The van der Waals surface area contributed by atoms with Gasteiger partial charge in [-0.25, -0.2) is 4.79 Å². The first-order valence-corrected chi connectivity index (χ1v) is 12.2. The first kappa shape index (κ1) is 26.0. The van der Waals surface area contributed by atoms with Gasteiger partial charge in [0.2, 0.25) is 0 Å². The van der Waals surface area contributed by atoms with Crippen LogP contribution >= 0.6 is 0 Å². The van der Waals surface area contributed by atoms with E-state index in [0.29, 0.717) is 32.6 Å². The lowest BCUT2D eigenvalue weighted by Gasteiger charge is -2.44. The monoisotopic (exact) mass is 504 g/mol. The van der Waals surface area contributed by atoms with Crippen molar-refractivity contribution in [1.29, 1.82) is 0 Å². The van der Waals surface area contributed by atoms with Gasteiger partial charge in [0, 0.05) is 29.6 Å². The molecule has 0 unspecified atom stereocenters. The molecule has 9 heteroatoms. The van der Waals surface area contributed by atoms with Crippen LogP contribution in [-0.4, -0.2) is 51.9 Å². The molecular weight excluding hydrogens is 473 g/mol. The lowest BCUT2D eigenvalue weighted by molar-refractivity contribution is -0.258. The van der Waals surface area contributed by atoms with E-state index < -0.39 is 17.9 Å². The second-order valence-corrected chi connectivity index (χ2v) is 10.1. The fourth-order valence-corrected chi connectivity index (χ4v) is 5.27. The van der Waals surface area contributed by atoms with E-state index in [0.717, 1.165) is 30.5 Å². The minimum atomic E-state index is -4.83. The van der Waals surface area contributed by atoms with Crippen LogP contribution in [-0.2, 0) is 11.0 Å². The van der Waals surface area contributed by atoms with Gasteiger partial charge in [-0.1, -0.05) is 42.5 Å². The Bertz CT molecular complexity index is 1070. The summed E-state index contributed by atoms with van der Waals surface area (Å²) in [5.74, 6) is -0.225. The molecule has 0 heterocycles. The Kier molecular flexibility index (Phi) is 7.05. The van der Waals surface area contributed by atoms with Gasteiger partial charge in [-0.05, 0) is 68.7 Å². The number of nitrogens with one attached hydrogen (secondary N) is 1. The van der Waals surface area contributed by atoms with Gasteiger partial charge in [-0.15, -0.1) is 0 Å². The molecule has 2 aliphatic carbocycles. The van der Waals surface area contributed by atoms with E-state index >= 15 is 0 Å². The Morgan fingerprint density at radius 3 is 2.03 bits per heavy atom. The summed E-state index contributed by atoms with van der Waals surface area (Å²) in [4.78, 5) is 26.6. The predicted molar refractivity (Wildman–Crippen MR) is 128 cm³/mol. The van der Waals surface area contributed by atoms with Crippen molar-refractivity contribution in [2.75, 3.05) is 6.54 Å². The molecule has 2 saturated carbocycles. The number of hydrogen-bond acceptors (Lipinski definition) is 3. The zero-order valence-electron chi connectivity index (χ0n) is 20.1. The number of alkyl halides is 3. The average Bonchev–Trinajstić information content (AvgIpc) is 3.69. The molecule has 6 nitrogen and oxygen atoms in total. The summed E-state index contributed by atoms with van der Waals surface area (Å²) in [7, 11) is 0. The van der Waals surface area contributed by atoms with Crippen LogP contribution in [0.2, 0.25) is 0 Å². The molecule has 0 aromatic heterocycles. The predicted octanol–water partition coefficient (Wildman–Crippen LogP) is 5.21. The van der Waals surface area contributed by atoms with E-state index in [1.165, 1.54) is 12.1 Å². The van der Waals surface area contributed by atoms with Crippen molar-refractivity contribution < 1.29 is 33.0 Å². The smallest absolute Gasteiger partial charge is 0.421 e. The number of hydrogen-bond donors (Lipinski definition) is 3. The molecule has 2 aliphatic rings. The van der Waals surface area contributed by atoms with Gasteiger partial charge in [-0.2, -0.15) is 13.2 Å². The largest absolute Gasteiger partial charge is 0.465 e. The fourth-order valence-electron chi connectivity index (χ4n) is 5.27. The molecule has 2 fully saturated rings. The van der Waals surface area contributed by atoms with Crippen LogP contribution in [0.25, 0.3) is 0 Å². The average molecular weight is 505 g/mol. The third-order valence-corrected chi connectivity index (χ3v) is 7.69. The van der Waals surface area contributed by atoms with Gasteiger partial charge in [-0.3, -0.25) is 4.79 Å². The Morgan fingerprint density at radius 2 is 1.53 bits per heavy atom. The first-order valence-electron chi connectivity index (χ1n) is 12.2. The molecule has 2 aromatic rings. The molecule has 0 aliphatic heterocycles. The first-order chi connectivity index (χ1) is 16.9. The Balaban J connectivity index is 1.51. The summed E-state index contributed by atoms with van der Waals surface area (Å²) in [5.41, 5.74) is -2.33. The van der Waals surface area contributed by atoms with Gasteiger partial charge in [0.05, 0.1) is 0 Å². The van der Waals surface area contributed by atoms with E-state index in [2.05, 4.69) is 5.32 Å². The van der Waals surface area contributed by atoms with Crippen LogP contribution in [0.4, 0.5) is 18.0 Å². The highest BCUT2D eigenvalue weighted by atomic mass is 19.4. The van der Waals surface area contributed by atoms with Crippen LogP contribution in [0.1, 0.15) is 66.9 Å². The number of nitrogens with zero attached hydrogens (tertiary/aromatic N) is 1. The SMILES string of the molecule is C[C@](O)(c1ccc(C(=O)N(C2CC2)C2CCC(CNC(=O)O)(c3ccccc3)CC2)cc1)C(F)(F)F. The van der Waals surface area contributed by atoms with E-state index in [-0.39, 0.29) is 41.1 Å². The number of carbonyl (C=O) groups excluding carboxylic acids is 1. The highest BCUT2D eigenvalue weighted by molar-refractivity contribution is 5.95. The van der Waals surface area contributed by atoms with Gasteiger partial charge in [0.25, 0.3) is 5.91 Å². The summed E-state index contributed by atoms with van der Waals surface area (Å²) >= 11 is 0. The molecule has 194 valence electrons. The van der Waals surface area contributed by atoms with E-state index in [9.17, 15) is 33.0 Å². The van der Waals surface area contributed by atoms with Gasteiger partial charge in [0.15, 0.2) is 5.60 Å². The molecule has 0 spiro atoms. The number of benzene rings is 2. The minimum absolute atomic E-state index is 0.0374. The van der Waals surface area contributed by atoms with Crippen molar-refractivity contribution >= 4 is 12.0 Å². The van der Waals surface area contributed by atoms with Crippen molar-refractivity contribution in [2.45, 2.75) is 74.7 Å².